The molecule has 0 amide bonds. The van der Waals surface area contributed by atoms with Crippen LogP contribution in [0.4, 0.5) is 17.6 Å². The predicted molar refractivity (Wildman–Crippen MR) is 57.9 cm³/mol. The van der Waals surface area contributed by atoms with Crippen LogP contribution in [0, 0.1) is 5.82 Å². The van der Waals surface area contributed by atoms with E-state index in [2.05, 4.69) is 11.9 Å². The molecule has 0 aliphatic carbocycles. The lowest BCUT2D eigenvalue weighted by molar-refractivity contribution is -0.140. The maximum Gasteiger partial charge on any atom is 0.419 e. The summed E-state index contributed by atoms with van der Waals surface area (Å²) < 4.78 is 50.1. The standard InChI is InChI=1S/C12H13F4N/c1-2-3-6-17-8-9-4-5-11(13)10(7-9)12(14,15)16/h2,4-5,7,17H,1,3,6,8H2. The smallest absolute Gasteiger partial charge is 0.312 e. The molecule has 0 aliphatic rings. The number of halogens is 4. The summed E-state index contributed by atoms with van der Waals surface area (Å²) in [5, 5.41) is 2.94. The molecule has 1 nitrogen and oxygen atoms in total. The van der Waals surface area contributed by atoms with Gasteiger partial charge in [0.2, 0.25) is 0 Å². The number of hydrogen-bond acceptors (Lipinski definition) is 1. The first-order chi connectivity index (χ1) is 7.95. The zero-order chi connectivity index (χ0) is 12.9. The molecule has 0 radical (unpaired) electrons. The number of alkyl halides is 3. The molecule has 1 aromatic carbocycles. The Bertz CT molecular complexity index is 385. The fourth-order valence-corrected chi connectivity index (χ4v) is 1.34. The van der Waals surface area contributed by atoms with Crippen molar-refractivity contribution in [2.75, 3.05) is 6.54 Å². The summed E-state index contributed by atoms with van der Waals surface area (Å²) in [6.07, 6.45) is -2.21. The molecule has 1 N–H and O–H groups in total. The van der Waals surface area contributed by atoms with Crippen LogP contribution in [0.1, 0.15) is 17.5 Å². The molecule has 0 unspecified atom stereocenters. The minimum atomic E-state index is -4.65. The normalized spacial score (nSPS) is 11.5. The van der Waals surface area contributed by atoms with Crippen LogP contribution in [0.2, 0.25) is 0 Å². The van der Waals surface area contributed by atoms with E-state index in [4.69, 9.17) is 0 Å². The molecule has 0 saturated heterocycles. The van der Waals surface area contributed by atoms with E-state index in [0.717, 1.165) is 18.6 Å². The van der Waals surface area contributed by atoms with Crippen molar-refractivity contribution in [2.45, 2.75) is 19.1 Å². The van der Waals surface area contributed by atoms with Crippen molar-refractivity contribution in [2.24, 2.45) is 0 Å². The SMILES string of the molecule is C=CCCNCc1ccc(F)c(C(F)(F)F)c1. The van der Waals surface area contributed by atoms with Crippen molar-refractivity contribution in [1.82, 2.24) is 5.32 Å². The molecule has 5 heteroatoms. The van der Waals surface area contributed by atoms with Gasteiger partial charge < -0.3 is 5.32 Å². The van der Waals surface area contributed by atoms with Crippen molar-refractivity contribution in [1.29, 1.82) is 0 Å². The highest BCUT2D eigenvalue weighted by Crippen LogP contribution is 2.31. The van der Waals surface area contributed by atoms with Gasteiger partial charge in [-0.2, -0.15) is 13.2 Å². The van der Waals surface area contributed by atoms with Gasteiger partial charge in [0.25, 0.3) is 0 Å². The predicted octanol–water partition coefficient (Wildman–Crippen LogP) is 3.51. The quantitative estimate of drug-likeness (QED) is 0.477. The van der Waals surface area contributed by atoms with Gasteiger partial charge in [0.05, 0.1) is 5.56 Å². The molecule has 0 heterocycles. The average molecular weight is 247 g/mol. The van der Waals surface area contributed by atoms with E-state index in [1.807, 2.05) is 0 Å². The van der Waals surface area contributed by atoms with Crippen molar-refractivity contribution >= 4 is 0 Å². The summed E-state index contributed by atoms with van der Waals surface area (Å²) in [6, 6.07) is 3.01. The van der Waals surface area contributed by atoms with Crippen molar-refractivity contribution in [3.05, 3.63) is 47.8 Å². The van der Waals surface area contributed by atoms with E-state index in [9.17, 15) is 17.6 Å². The molecule has 0 atom stereocenters. The van der Waals surface area contributed by atoms with Gasteiger partial charge in [-0.1, -0.05) is 12.1 Å². The molecule has 0 bridgehead atoms. The molecule has 1 aromatic rings. The Morgan fingerprint density at radius 3 is 2.59 bits per heavy atom. The monoisotopic (exact) mass is 247 g/mol. The Balaban J connectivity index is 2.72. The summed E-state index contributed by atoms with van der Waals surface area (Å²) in [5.74, 6) is -1.24. The summed E-state index contributed by atoms with van der Waals surface area (Å²) in [4.78, 5) is 0. The average Bonchev–Trinajstić information content (AvgIpc) is 2.25. The Morgan fingerprint density at radius 2 is 2.00 bits per heavy atom. The number of hydrogen-bond donors (Lipinski definition) is 1. The Kier molecular flexibility index (Phi) is 4.69. The topological polar surface area (TPSA) is 12.0 Å². The first-order valence-electron chi connectivity index (χ1n) is 5.12. The lowest BCUT2D eigenvalue weighted by atomic mass is 10.1. The number of nitrogens with one attached hydrogen (secondary N) is 1. The molecule has 0 fully saturated rings. The van der Waals surface area contributed by atoms with Gasteiger partial charge in [0.15, 0.2) is 0 Å². The van der Waals surface area contributed by atoms with Crippen LogP contribution >= 0.6 is 0 Å². The Labute approximate surface area is 97.1 Å². The first kappa shape index (κ1) is 13.7. The second-order valence-corrected chi connectivity index (χ2v) is 3.57. The third-order valence-corrected chi connectivity index (χ3v) is 2.19. The van der Waals surface area contributed by atoms with E-state index < -0.39 is 17.6 Å². The van der Waals surface area contributed by atoms with E-state index in [0.29, 0.717) is 12.1 Å². The lowest BCUT2D eigenvalue weighted by Gasteiger charge is -2.10. The highest BCUT2D eigenvalue weighted by atomic mass is 19.4. The van der Waals surface area contributed by atoms with Crippen LogP contribution in [0.25, 0.3) is 0 Å². The zero-order valence-electron chi connectivity index (χ0n) is 9.15. The van der Waals surface area contributed by atoms with Crippen LogP contribution in [0.3, 0.4) is 0 Å². The molecule has 1 rings (SSSR count). The maximum absolute atomic E-state index is 13.0. The molecular formula is C12H13F4N. The van der Waals surface area contributed by atoms with Crippen molar-refractivity contribution in [3.63, 3.8) is 0 Å². The summed E-state index contributed by atoms with van der Waals surface area (Å²) in [6.45, 7) is 4.43. The van der Waals surface area contributed by atoms with Gasteiger partial charge in [-0.25, -0.2) is 4.39 Å². The Hall–Kier alpha value is -1.36. The molecular weight excluding hydrogens is 234 g/mol. The molecule has 0 aliphatic heterocycles. The second-order valence-electron chi connectivity index (χ2n) is 3.57. The van der Waals surface area contributed by atoms with Crippen LogP contribution in [-0.2, 0) is 12.7 Å². The van der Waals surface area contributed by atoms with Crippen LogP contribution < -0.4 is 5.32 Å². The molecule has 94 valence electrons. The van der Waals surface area contributed by atoms with Gasteiger partial charge in [0.1, 0.15) is 5.82 Å². The number of benzene rings is 1. The maximum atomic E-state index is 13.0. The van der Waals surface area contributed by atoms with Crippen LogP contribution in [-0.4, -0.2) is 6.54 Å². The third-order valence-electron chi connectivity index (χ3n) is 2.19. The van der Waals surface area contributed by atoms with E-state index in [1.165, 1.54) is 6.07 Å². The minimum absolute atomic E-state index is 0.275. The molecule has 0 spiro atoms. The van der Waals surface area contributed by atoms with Crippen molar-refractivity contribution in [3.8, 4) is 0 Å². The van der Waals surface area contributed by atoms with Crippen LogP contribution in [0.15, 0.2) is 30.9 Å². The van der Waals surface area contributed by atoms with Crippen molar-refractivity contribution < 1.29 is 17.6 Å². The minimum Gasteiger partial charge on any atom is -0.312 e. The van der Waals surface area contributed by atoms with Gasteiger partial charge >= 0.3 is 6.18 Å². The zero-order valence-corrected chi connectivity index (χ0v) is 9.15. The largest absolute Gasteiger partial charge is 0.419 e. The summed E-state index contributed by atoms with van der Waals surface area (Å²) in [7, 11) is 0. The van der Waals surface area contributed by atoms with Gasteiger partial charge in [-0.15, -0.1) is 6.58 Å². The van der Waals surface area contributed by atoms with Crippen LogP contribution in [0.5, 0.6) is 0 Å². The second kappa shape index (κ2) is 5.82. The summed E-state index contributed by atoms with van der Waals surface area (Å²) >= 11 is 0. The lowest BCUT2D eigenvalue weighted by Crippen LogP contribution is -2.15. The van der Waals surface area contributed by atoms with E-state index in [-0.39, 0.29) is 6.54 Å². The fourth-order valence-electron chi connectivity index (χ4n) is 1.34. The highest BCUT2D eigenvalue weighted by molar-refractivity contribution is 5.27. The van der Waals surface area contributed by atoms with E-state index >= 15 is 0 Å². The first-order valence-corrected chi connectivity index (χ1v) is 5.12. The van der Waals surface area contributed by atoms with Gasteiger partial charge in [-0.05, 0) is 30.7 Å². The summed E-state index contributed by atoms with van der Waals surface area (Å²) in [5.41, 5.74) is -0.816. The number of rotatable bonds is 5. The van der Waals surface area contributed by atoms with Gasteiger partial charge in [-0.3, -0.25) is 0 Å². The third kappa shape index (κ3) is 4.19. The van der Waals surface area contributed by atoms with E-state index in [1.54, 1.807) is 6.08 Å². The Morgan fingerprint density at radius 1 is 1.29 bits per heavy atom. The fraction of sp³-hybridized carbons (Fsp3) is 0.333. The molecule has 0 aromatic heterocycles. The molecule has 0 saturated carbocycles. The highest BCUT2D eigenvalue weighted by Gasteiger charge is 2.34. The van der Waals surface area contributed by atoms with Gasteiger partial charge in [0, 0.05) is 6.54 Å². The molecule has 17 heavy (non-hydrogen) atoms.